The molecule has 0 atom stereocenters. The van der Waals surface area contributed by atoms with Crippen LogP contribution in [0.1, 0.15) is 25.7 Å². The number of furan rings is 1. The van der Waals surface area contributed by atoms with Crippen molar-refractivity contribution in [1.82, 2.24) is 20.4 Å². The predicted molar refractivity (Wildman–Crippen MR) is 78.5 cm³/mol. The van der Waals surface area contributed by atoms with Crippen molar-refractivity contribution in [2.24, 2.45) is 5.92 Å². The van der Waals surface area contributed by atoms with Crippen molar-refractivity contribution < 1.29 is 8.94 Å². The third-order valence-corrected chi connectivity index (χ3v) is 3.96. The summed E-state index contributed by atoms with van der Waals surface area (Å²) in [6, 6.07) is 3.65. The van der Waals surface area contributed by atoms with E-state index in [9.17, 15) is 0 Å². The highest BCUT2D eigenvalue weighted by atomic mass is 16.5. The molecule has 1 aliphatic rings. The summed E-state index contributed by atoms with van der Waals surface area (Å²) in [5, 5.41) is 7.39. The molecule has 0 saturated carbocycles. The van der Waals surface area contributed by atoms with E-state index in [0.29, 0.717) is 17.5 Å². The monoisotopic (exact) mass is 290 g/mol. The fourth-order valence-corrected chi connectivity index (χ4v) is 2.71. The minimum Gasteiger partial charge on any atom is -0.461 e. The summed E-state index contributed by atoms with van der Waals surface area (Å²) in [4.78, 5) is 6.77. The van der Waals surface area contributed by atoms with Gasteiger partial charge in [-0.1, -0.05) is 12.1 Å². The van der Waals surface area contributed by atoms with E-state index in [1.165, 1.54) is 12.8 Å². The molecule has 6 heteroatoms. The van der Waals surface area contributed by atoms with Crippen LogP contribution in [0.5, 0.6) is 0 Å². The molecule has 3 rings (SSSR count). The molecular weight excluding hydrogens is 268 g/mol. The molecular formula is C15H22N4O2. The van der Waals surface area contributed by atoms with Gasteiger partial charge in [0.25, 0.3) is 0 Å². The number of nitrogens with one attached hydrogen (secondary N) is 1. The zero-order valence-electron chi connectivity index (χ0n) is 12.4. The summed E-state index contributed by atoms with van der Waals surface area (Å²) in [6.07, 6.45) is 4.07. The van der Waals surface area contributed by atoms with Crippen molar-refractivity contribution in [3.05, 3.63) is 24.3 Å². The average molecular weight is 290 g/mol. The zero-order valence-corrected chi connectivity index (χ0v) is 12.4. The molecule has 0 spiro atoms. The highest BCUT2D eigenvalue weighted by Gasteiger charge is 2.21. The third kappa shape index (κ3) is 3.71. The Morgan fingerprint density at radius 2 is 2.24 bits per heavy atom. The van der Waals surface area contributed by atoms with Gasteiger partial charge in [0.05, 0.1) is 12.8 Å². The van der Waals surface area contributed by atoms with Crippen molar-refractivity contribution in [3.63, 3.8) is 0 Å². The number of aromatic nitrogens is 2. The normalized spacial score (nSPS) is 17.4. The Kier molecular flexibility index (Phi) is 4.67. The molecule has 0 amide bonds. The molecule has 0 aromatic carbocycles. The van der Waals surface area contributed by atoms with Crippen molar-refractivity contribution in [3.8, 4) is 11.6 Å². The summed E-state index contributed by atoms with van der Waals surface area (Å²) in [5.41, 5.74) is 0. The summed E-state index contributed by atoms with van der Waals surface area (Å²) < 4.78 is 10.6. The second-order valence-corrected chi connectivity index (χ2v) is 5.52. The van der Waals surface area contributed by atoms with Crippen LogP contribution >= 0.6 is 0 Å². The van der Waals surface area contributed by atoms with Gasteiger partial charge in [0.2, 0.25) is 11.7 Å². The first-order valence-corrected chi connectivity index (χ1v) is 7.64. The molecule has 2 aromatic heterocycles. The standard InChI is InChI=1S/C15H22N4O2/c1-2-16-10-12-5-7-19(8-6-12)11-14-17-15(18-21-14)13-4-3-9-20-13/h3-4,9,12,16H,2,5-8,10-11H2,1H3. The van der Waals surface area contributed by atoms with Gasteiger partial charge in [0.1, 0.15) is 0 Å². The molecule has 1 aliphatic heterocycles. The van der Waals surface area contributed by atoms with Crippen molar-refractivity contribution >= 4 is 0 Å². The minimum atomic E-state index is 0.525. The Balaban J connectivity index is 1.49. The van der Waals surface area contributed by atoms with E-state index in [0.717, 1.165) is 38.6 Å². The van der Waals surface area contributed by atoms with Crippen LogP contribution in [0.25, 0.3) is 11.6 Å². The molecule has 1 saturated heterocycles. The largest absolute Gasteiger partial charge is 0.461 e. The van der Waals surface area contributed by atoms with Crippen LogP contribution < -0.4 is 5.32 Å². The van der Waals surface area contributed by atoms with E-state index in [4.69, 9.17) is 8.94 Å². The number of nitrogens with zero attached hydrogens (tertiary/aromatic N) is 3. The van der Waals surface area contributed by atoms with Crippen LogP contribution in [0.3, 0.4) is 0 Å². The maximum Gasteiger partial charge on any atom is 0.241 e. The van der Waals surface area contributed by atoms with Gasteiger partial charge < -0.3 is 14.3 Å². The molecule has 0 aliphatic carbocycles. The number of piperidine rings is 1. The summed E-state index contributed by atoms with van der Waals surface area (Å²) in [6.45, 7) is 7.25. The van der Waals surface area contributed by atoms with E-state index in [2.05, 4.69) is 27.3 Å². The fraction of sp³-hybridized carbons (Fsp3) is 0.600. The molecule has 21 heavy (non-hydrogen) atoms. The lowest BCUT2D eigenvalue weighted by Crippen LogP contribution is -2.36. The maximum atomic E-state index is 5.31. The van der Waals surface area contributed by atoms with Gasteiger partial charge in [-0.25, -0.2) is 0 Å². The average Bonchev–Trinajstić information content (AvgIpc) is 3.17. The maximum absolute atomic E-state index is 5.31. The minimum absolute atomic E-state index is 0.525. The number of hydrogen-bond donors (Lipinski definition) is 1. The van der Waals surface area contributed by atoms with E-state index >= 15 is 0 Å². The molecule has 1 N–H and O–H groups in total. The van der Waals surface area contributed by atoms with E-state index in [1.54, 1.807) is 6.26 Å². The molecule has 0 radical (unpaired) electrons. The van der Waals surface area contributed by atoms with Gasteiger partial charge in [-0.15, -0.1) is 0 Å². The Morgan fingerprint density at radius 1 is 1.38 bits per heavy atom. The number of rotatable bonds is 6. The molecule has 114 valence electrons. The van der Waals surface area contributed by atoms with Crippen LogP contribution in [-0.2, 0) is 6.54 Å². The molecule has 3 heterocycles. The lowest BCUT2D eigenvalue weighted by Gasteiger charge is -2.30. The van der Waals surface area contributed by atoms with E-state index in [-0.39, 0.29) is 0 Å². The number of hydrogen-bond acceptors (Lipinski definition) is 6. The Hall–Kier alpha value is -1.66. The summed E-state index contributed by atoms with van der Waals surface area (Å²) in [5.74, 6) is 2.63. The van der Waals surface area contributed by atoms with E-state index in [1.807, 2.05) is 12.1 Å². The highest BCUT2D eigenvalue weighted by Crippen LogP contribution is 2.20. The van der Waals surface area contributed by atoms with Crippen molar-refractivity contribution in [2.45, 2.75) is 26.3 Å². The van der Waals surface area contributed by atoms with Crippen LogP contribution in [0, 0.1) is 5.92 Å². The first kappa shape index (κ1) is 14.3. The molecule has 0 unspecified atom stereocenters. The van der Waals surface area contributed by atoms with Gasteiger partial charge in [0, 0.05) is 0 Å². The van der Waals surface area contributed by atoms with Gasteiger partial charge in [-0.2, -0.15) is 4.98 Å². The van der Waals surface area contributed by atoms with Crippen LogP contribution in [0.4, 0.5) is 0 Å². The van der Waals surface area contributed by atoms with Gasteiger partial charge in [-0.3, -0.25) is 4.90 Å². The van der Waals surface area contributed by atoms with Gasteiger partial charge in [0.15, 0.2) is 5.76 Å². The van der Waals surface area contributed by atoms with Gasteiger partial charge in [-0.05, 0) is 57.1 Å². The Bertz CT molecular complexity index is 530. The van der Waals surface area contributed by atoms with Crippen LogP contribution in [-0.4, -0.2) is 41.2 Å². The SMILES string of the molecule is CCNCC1CCN(Cc2nc(-c3ccco3)no2)CC1. The zero-order chi connectivity index (χ0) is 14.5. The second kappa shape index (κ2) is 6.87. The van der Waals surface area contributed by atoms with Gasteiger partial charge >= 0.3 is 0 Å². The first-order chi connectivity index (χ1) is 10.3. The molecule has 6 nitrogen and oxygen atoms in total. The Morgan fingerprint density at radius 3 is 2.95 bits per heavy atom. The third-order valence-electron chi connectivity index (χ3n) is 3.96. The van der Waals surface area contributed by atoms with Crippen LogP contribution in [0.15, 0.2) is 27.3 Å². The molecule has 2 aromatic rings. The fourth-order valence-electron chi connectivity index (χ4n) is 2.71. The lowest BCUT2D eigenvalue weighted by atomic mass is 9.97. The molecule has 1 fully saturated rings. The van der Waals surface area contributed by atoms with Crippen molar-refractivity contribution in [2.75, 3.05) is 26.2 Å². The highest BCUT2D eigenvalue weighted by molar-refractivity contribution is 5.44. The lowest BCUT2D eigenvalue weighted by molar-refractivity contribution is 0.158. The topological polar surface area (TPSA) is 67.3 Å². The smallest absolute Gasteiger partial charge is 0.241 e. The Labute approximate surface area is 124 Å². The number of likely N-dealkylation sites (tertiary alicyclic amines) is 1. The van der Waals surface area contributed by atoms with Crippen molar-refractivity contribution in [1.29, 1.82) is 0 Å². The second-order valence-electron chi connectivity index (χ2n) is 5.52. The summed E-state index contributed by atoms with van der Waals surface area (Å²) >= 11 is 0. The first-order valence-electron chi connectivity index (χ1n) is 7.64. The van der Waals surface area contributed by atoms with E-state index < -0.39 is 0 Å². The predicted octanol–water partition coefficient (Wildman–Crippen LogP) is 2.15. The van der Waals surface area contributed by atoms with Crippen LogP contribution in [0.2, 0.25) is 0 Å². The quantitative estimate of drug-likeness (QED) is 0.879. The molecule has 0 bridgehead atoms. The summed E-state index contributed by atoms with van der Waals surface area (Å²) in [7, 11) is 0.